The van der Waals surface area contributed by atoms with E-state index in [0.29, 0.717) is 19.4 Å². The summed E-state index contributed by atoms with van der Waals surface area (Å²) in [5.74, 6) is -4.81. The molecule has 0 aromatic heterocycles. The third kappa shape index (κ3) is 10.1. The van der Waals surface area contributed by atoms with Crippen molar-refractivity contribution in [3.63, 3.8) is 0 Å². The zero-order chi connectivity index (χ0) is 25.0. The van der Waals surface area contributed by atoms with E-state index in [9.17, 15) is 24.0 Å². The van der Waals surface area contributed by atoms with Gasteiger partial charge < -0.3 is 48.7 Å². The number of nitrogens with zero attached hydrogens (tertiary/aromatic N) is 1. The number of aliphatic imine (C=N–C) groups is 1. The van der Waals surface area contributed by atoms with E-state index >= 15 is 0 Å². The highest BCUT2D eigenvalue weighted by Crippen LogP contribution is 2.07. The molecule has 0 bridgehead atoms. The van der Waals surface area contributed by atoms with Crippen molar-refractivity contribution in [3.05, 3.63) is 0 Å². The maximum absolute atomic E-state index is 12.9. The minimum atomic E-state index is -1.65. The highest BCUT2D eigenvalue weighted by Gasteiger charge is 2.31. The summed E-state index contributed by atoms with van der Waals surface area (Å²) < 4.78 is 0. The second-order valence-corrected chi connectivity index (χ2v) is 7.47. The van der Waals surface area contributed by atoms with Gasteiger partial charge in [-0.1, -0.05) is 0 Å². The minimum absolute atomic E-state index is 0.111. The molecule has 15 heteroatoms. The lowest BCUT2D eigenvalue weighted by Gasteiger charge is -2.24. The van der Waals surface area contributed by atoms with E-state index in [4.69, 9.17) is 27.4 Å². The van der Waals surface area contributed by atoms with Gasteiger partial charge in [0.1, 0.15) is 18.1 Å². The first kappa shape index (κ1) is 27.6. The Hall–Kier alpha value is -3.46. The average Bonchev–Trinajstić information content (AvgIpc) is 3.27. The van der Waals surface area contributed by atoms with Crippen molar-refractivity contribution in [2.24, 2.45) is 22.2 Å². The van der Waals surface area contributed by atoms with E-state index in [1.807, 2.05) is 5.32 Å². The number of rotatable bonds is 14. The summed E-state index contributed by atoms with van der Waals surface area (Å²) in [6.07, 6.45) is 1.19. The Kier molecular flexibility index (Phi) is 11.6. The molecule has 1 aliphatic heterocycles. The topological polar surface area (TPSA) is 264 Å². The fraction of sp³-hybridized carbons (Fsp3) is 0.667. The Morgan fingerprint density at radius 3 is 2.15 bits per heavy atom. The molecule has 1 rings (SSSR count). The van der Waals surface area contributed by atoms with Gasteiger partial charge in [0.2, 0.25) is 23.6 Å². The predicted octanol–water partition coefficient (Wildman–Crippen LogP) is -4.80. The maximum atomic E-state index is 12.9. The molecule has 0 aliphatic carbocycles. The molecule has 33 heavy (non-hydrogen) atoms. The summed E-state index contributed by atoms with van der Waals surface area (Å²) in [5, 5.41) is 28.0. The second-order valence-electron chi connectivity index (χ2n) is 7.47. The van der Waals surface area contributed by atoms with Crippen LogP contribution in [0.1, 0.15) is 32.1 Å². The zero-order valence-electron chi connectivity index (χ0n) is 18.1. The number of nitrogens with two attached hydrogens (primary N) is 3. The molecule has 0 spiro atoms. The van der Waals surface area contributed by atoms with Crippen LogP contribution in [-0.4, -0.2) is 89.6 Å². The van der Waals surface area contributed by atoms with Crippen molar-refractivity contribution in [1.82, 2.24) is 21.3 Å². The number of aliphatic hydroxyl groups is 1. The lowest BCUT2D eigenvalue weighted by molar-refractivity contribution is -0.143. The number of aliphatic hydroxyl groups excluding tert-OH is 1. The van der Waals surface area contributed by atoms with Gasteiger partial charge >= 0.3 is 5.97 Å². The number of aliphatic carboxylic acids is 1. The maximum Gasteiger partial charge on any atom is 0.328 e. The van der Waals surface area contributed by atoms with Crippen molar-refractivity contribution in [3.8, 4) is 0 Å². The fourth-order valence-electron chi connectivity index (χ4n) is 3.09. The number of carbonyl (C=O) groups excluding carboxylic acids is 4. The van der Waals surface area contributed by atoms with Gasteiger partial charge in [0.15, 0.2) is 5.96 Å². The molecule has 0 aromatic carbocycles. The molecular weight excluding hydrogens is 440 g/mol. The van der Waals surface area contributed by atoms with E-state index in [2.05, 4.69) is 20.9 Å². The van der Waals surface area contributed by atoms with Crippen LogP contribution in [0.15, 0.2) is 4.99 Å². The van der Waals surface area contributed by atoms with Crippen LogP contribution < -0.4 is 38.5 Å². The Bertz CT molecular complexity index is 750. The molecule has 4 atom stereocenters. The number of amides is 4. The summed E-state index contributed by atoms with van der Waals surface area (Å²) >= 11 is 0. The zero-order valence-corrected chi connectivity index (χ0v) is 18.1. The van der Waals surface area contributed by atoms with Crippen molar-refractivity contribution >= 4 is 35.6 Å². The normalized spacial score (nSPS) is 17.8. The second kappa shape index (κ2) is 13.8. The van der Waals surface area contributed by atoms with Crippen molar-refractivity contribution in [1.29, 1.82) is 0 Å². The number of nitrogens with one attached hydrogen (secondary N) is 4. The number of carboxylic acids is 1. The Morgan fingerprint density at radius 1 is 1.00 bits per heavy atom. The summed E-state index contributed by atoms with van der Waals surface area (Å²) in [7, 11) is 0. The van der Waals surface area contributed by atoms with Crippen LogP contribution in [0.2, 0.25) is 0 Å². The molecular formula is C18H32N8O7. The predicted molar refractivity (Wildman–Crippen MR) is 115 cm³/mol. The standard InChI is InChI=1S/C18H32N8O7/c19-13(28)7-11(16(31)26-12(8-27)17(32)33)25-15(30)10(4-2-6-23-18(20)21)24-14(29)9-3-1-5-22-9/h9-12,22,27H,1-8H2,(H2,19,28)(H,24,29)(H,25,30)(H,26,31)(H,32,33)(H4,20,21,23). The summed E-state index contributed by atoms with van der Waals surface area (Å²) in [6.45, 7) is -0.0578. The van der Waals surface area contributed by atoms with Crippen LogP contribution in [0.5, 0.6) is 0 Å². The molecule has 4 amide bonds. The Balaban J connectivity index is 2.92. The van der Waals surface area contributed by atoms with Gasteiger partial charge in [-0.25, -0.2) is 4.79 Å². The van der Waals surface area contributed by atoms with E-state index in [-0.39, 0.29) is 18.9 Å². The smallest absolute Gasteiger partial charge is 0.328 e. The lowest BCUT2D eigenvalue weighted by atomic mass is 10.1. The van der Waals surface area contributed by atoms with Gasteiger partial charge in [-0.05, 0) is 32.2 Å². The van der Waals surface area contributed by atoms with Crippen molar-refractivity contribution in [2.45, 2.75) is 56.3 Å². The number of hydrogen-bond donors (Lipinski definition) is 9. The van der Waals surface area contributed by atoms with E-state index < -0.39 is 66.8 Å². The summed E-state index contributed by atoms with van der Waals surface area (Å²) in [5.41, 5.74) is 15.7. The molecule has 0 radical (unpaired) electrons. The Labute approximate surface area is 189 Å². The largest absolute Gasteiger partial charge is 0.480 e. The van der Waals surface area contributed by atoms with Gasteiger partial charge in [0.05, 0.1) is 19.1 Å². The van der Waals surface area contributed by atoms with Crippen LogP contribution in [0.25, 0.3) is 0 Å². The van der Waals surface area contributed by atoms with Gasteiger partial charge in [-0.3, -0.25) is 24.2 Å². The number of carbonyl (C=O) groups is 5. The molecule has 0 aromatic rings. The molecule has 15 nitrogen and oxygen atoms in total. The molecule has 1 saturated heterocycles. The van der Waals surface area contributed by atoms with Crippen LogP contribution in [-0.2, 0) is 24.0 Å². The first-order chi connectivity index (χ1) is 15.5. The van der Waals surface area contributed by atoms with Gasteiger partial charge in [-0.15, -0.1) is 0 Å². The van der Waals surface area contributed by atoms with Crippen molar-refractivity contribution in [2.75, 3.05) is 19.7 Å². The molecule has 1 fully saturated rings. The van der Waals surface area contributed by atoms with Crippen LogP contribution >= 0.6 is 0 Å². The molecule has 1 heterocycles. The highest BCUT2D eigenvalue weighted by atomic mass is 16.4. The third-order valence-corrected chi connectivity index (χ3v) is 4.79. The quantitative estimate of drug-likeness (QED) is 0.0661. The first-order valence-corrected chi connectivity index (χ1v) is 10.4. The lowest BCUT2D eigenvalue weighted by Crippen LogP contribution is -2.58. The number of guanidine groups is 1. The fourth-order valence-corrected chi connectivity index (χ4v) is 3.09. The van der Waals surface area contributed by atoms with Gasteiger partial charge in [0, 0.05) is 6.54 Å². The monoisotopic (exact) mass is 472 g/mol. The molecule has 0 saturated carbocycles. The molecule has 1 aliphatic rings. The highest BCUT2D eigenvalue weighted by molar-refractivity contribution is 5.96. The third-order valence-electron chi connectivity index (χ3n) is 4.79. The van der Waals surface area contributed by atoms with Gasteiger partial charge in [0.25, 0.3) is 0 Å². The van der Waals surface area contributed by atoms with Crippen LogP contribution in [0, 0.1) is 0 Å². The van der Waals surface area contributed by atoms with E-state index in [1.54, 1.807) is 0 Å². The summed E-state index contributed by atoms with van der Waals surface area (Å²) in [4.78, 5) is 64.0. The number of hydrogen-bond acceptors (Lipinski definition) is 8. The molecule has 12 N–H and O–H groups in total. The number of carboxylic acid groups (broad SMARTS) is 1. The van der Waals surface area contributed by atoms with E-state index in [1.165, 1.54) is 0 Å². The Morgan fingerprint density at radius 2 is 1.64 bits per heavy atom. The van der Waals surface area contributed by atoms with E-state index in [0.717, 1.165) is 6.42 Å². The molecule has 186 valence electrons. The minimum Gasteiger partial charge on any atom is -0.480 e. The van der Waals surface area contributed by atoms with Crippen LogP contribution in [0.4, 0.5) is 0 Å². The molecule has 4 unspecified atom stereocenters. The number of primary amides is 1. The SMILES string of the molecule is NC(=O)CC(NC(=O)C(CCCN=C(N)N)NC(=O)C1CCCN1)C(=O)NC(CO)C(=O)O. The van der Waals surface area contributed by atoms with Crippen LogP contribution in [0.3, 0.4) is 0 Å². The van der Waals surface area contributed by atoms with Crippen molar-refractivity contribution < 1.29 is 34.2 Å². The average molecular weight is 473 g/mol. The summed E-state index contributed by atoms with van der Waals surface area (Å²) in [6, 6.07) is -4.73. The van der Waals surface area contributed by atoms with Gasteiger partial charge in [-0.2, -0.15) is 0 Å². The first-order valence-electron chi connectivity index (χ1n) is 10.4.